The maximum Gasteiger partial charge on any atom is 0.253 e. The van der Waals surface area contributed by atoms with Gasteiger partial charge in [0, 0.05) is 32.1 Å². The molecule has 2 saturated heterocycles. The van der Waals surface area contributed by atoms with Crippen molar-refractivity contribution in [1.82, 2.24) is 9.80 Å². The Morgan fingerprint density at radius 2 is 2.25 bits per heavy atom. The molecule has 1 aromatic heterocycles. The van der Waals surface area contributed by atoms with Gasteiger partial charge in [0.05, 0.1) is 12.9 Å². The van der Waals surface area contributed by atoms with Crippen molar-refractivity contribution in [3.8, 4) is 0 Å². The number of nitrogens with zero attached hydrogens (tertiary/aromatic N) is 2. The van der Waals surface area contributed by atoms with E-state index < -0.39 is 6.10 Å². The Balaban J connectivity index is 1.68. The van der Waals surface area contributed by atoms with Gasteiger partial charge >= 0.3 is 0 Å². The van der Waals surface area contributed by atoms with Crippen molar-refractivity contribution < 1.29 is 19.1 Å². The van der Waals surface area contributed by atoms with Gasteiger partial charge in [-0.3, -0.25) is 4.79 Å². The van der Waals surface area contributed by atoms with Crippen LogP contribution in [0.4, 0.5) is 0 Å². The average molecular weight is 336 g/mol. The maximum absolute atomic E-state index is 13.0. The van der Waals surface area contributed by atoms with Crippen molar-refractivity contribution in [2.45, 2.75) is 50.4 Å². The molecule has 1 aromatic rings. The minimum atomic E-state index is -0.673. The molecule has 0 aromatic carbocycles. The Morgan fingerprint density at radius 3 is 3.00 bits per heavy atom. The predicted molar refractivity (Wildman–Crippen MR) is 89.5 cm³/mol. The molecular formula is C18H28N2O4. The second-order valence-electron chi connectivity index (χ2n) is 6.92. The smallest absolute Gasteiger partial charge is 0.253 e. The molecule has 0 unspecified atom stereocenters. The van der Waals surface area contributed by atoms with Crippen LogP contribution in [-0.4, -0.2) is 66.2 Å². The molecule has 3 heterocycles. The summed E-state index contributed by atoms with van der Waals surface area (Å²) in [6, 6.07) is 3.60. The van der Waals surface area contributed by atoms with Crippen LogP contribution >= 0.6 is 0 Å². The third-order valence-electron chi connectivity index (χ3n) is 5.07. The lowest BCUT2D eigenvalue weighted by molar-refractivity contribution is -0.151. The van der Waals surface area contributed by atoms with Crippen LogP contribution in [0.5, 0.6) is 0 Å². The van der Waals surface area contributed by atoms with E-state index in [9.17, 15) is 9.90 Å². The molecule has 0 aliphatic carbocycles. The molecule has 0 saturated carbocycles. The molecule has 1 amide bonds. The number of morpholine rings is 1. The summed E-state index contributed by atoms with van der Waals surface area (Å²) in [6.07, 6.45) is 5.18. The molecule has 0 spiro atoms. The van der Waals surface area contributed by atoms with Gasteiger partial charge in [0.15, 0.2) is 0 Å². The highest BCUT2D eigenvalue weighted by molar-refractivity contribution is 5.81. The molecule has 6 heteroatoms. The number of furan rings is 1. The number of hydrogen-bond acceptors (Lipinski definition) is 5. The first-order valence-corrected chi connectivity index (χ1v) is 8.97. The fraction of sp³-hybridized carbons (Fsp3) is 0.722. The minimum absolute atomic E-state index is 0.0379. The summed E-state index contributed by atoms with van der Waals surface area (Å²) >= 11 is 0. The summed E-state index contributed by atoms with van der Waals surface area (Å²) in [5, 5.41) is 10.4. The highest BCUT2D eigenvalue weighted by Gasteiger charge is 2.34. The van der Waals surface area contributed by atoms with E-state index in [1.54, 1.807) is 18.4 Å². The van der Waals surface area contributed by atoms with E-state index in [-0.39, 0.29) is 18.1 Å². The first kappa shape index (κ1) is 17.5. The predicted octanol–water partition coefficient (Wildman–Crippen LogP) is 1.80. The minimum Gasteiger partial charge on any atom is -0.467 e. The zero-order valence-corrected chi connectivity index (χ0v) is 14.4. The van der Waals surface area contributed by atoms with Crippen LogP contribution in [0.3, 0.4) is 0 Å². The largest absolute Gasteiger partial charge is 0.467 e. The monoisotopic (exact) mass is 336 g/mol. The summed E-state index contributed by atoms with van der Waals surface area (Å²) in [5.74, 6) is 0.639. The Labute approximate surface area is 143 Å². The van der Waals surface area contributed by atoms with Gasteiger partial charge in [-0.2, -0.15) is 0 Å². The normalized spacial score (nSPS) is 27.7. The van der Waals surface area contributed by atoms with Crippen molar-refractivity contribution in [2.24, 2.45) is 0 Å². The molecule has 2 aliphatic rings. The van der Waals surface area contributed by atoms with E-state index in [1.165, 1.54) is 0 Å². The van der Waals surface area contributed by atoms with Crippen molar-refractivity contribution in [3.63, 3.8) is 0 Å². The van der Waals surface area contributed by atoms with Crippen LogP contribution in [0, 0.1) is 0 Å². The van der Waals surface area contributed by atoms with E-state index >= 15 is 0 Å². The number of aliphatic hydroxyl groups is 1. The third-order valence-corrected chi connectivity index (χ3v) is 5.07. The first-order valence-electron chi connectivity index (χ1n) is 8.97. The summed E-state index contributed by atoms with van der Waals surface area (Å²) in [7, 11) is 2.02. The number of rotatable bonds is 4. The molecule has 0 bridgehead atoms. The fourth-order valence-corrected chi connectivity index (χ4v) is 3.68. The number of carbonyl (C=O) groups excluding carboxylic acids is 1. The summed E-state index contributed by atoms with van der Waals surface area (Å²) in [4.78, 5) is 17.1. The maximum atomic E-state index is 13.0. The quantitative estimate of drug-likeness (QED) is 0.908. The lowest BCUT2D eigenvalue weighted by Crippen LogP contribution is -2.52. The number of likely N-dealkylation sites (N-methyl/N-ethyl adjacent to an activating group) is 1. The van der Waals surface area contributed by atoms with E-state index in [0.29, 0.717) is 25.3 Å². The van der Waals surface area contributed by atoms with Gasteiger partial charge in [-0.15, -0.1) is 0 Å². The van der Waals surface area contributed by atoms with Crippen molar-refractivity contribution in [2.75, 3.05) is 33.3 Å². The molecule has 134 valence electrons. The first-order chi connectivity index (χ1) is 11.6. The second kappa shape index (κ2) is 8.14. The second-order valence-corrected chi connectivity index (χ2v) is 6.92. The van der Waals surface area contributed by atoms with Crippen molar-refractivity contribution in [1.29, 1.82) is 0 Å². The zero-order chi connectivity index (χ0) is 16.9. The van der Waals surface area contributed by atoms with Crippen LogP contribution in [0.25, 0.3) is 0 Å². The van der Waals surface area contributed by atoms with Crippen LogP contribution < -0.4 is 0 Å². The molecule has 3 rings (SSSR count). The number of amides is 1. The van der Waals surface area contributed by atoms with Gasteiger partial charge in [0.1, 0.15) is 18.0 Å². The number of ether oxygens (including phenoxy) is 1. The lowest BCUT2D eigenvalue weighted by Gasteiger charge is -2.37. The molecule has 2 aliphatic heterocycles. The van der Waals surface area contributed by atoms with Gasteiger partial charge in [0.25, 0.3) is 5.91 Å². The SMILES string of the molecule is CN1CCO[C@H](C(=O)N2CCCCC[C@H]2C[C@H](O)c2ccco2)C1. The lowest BCUT2D eigenvalue weighted by atomic mass is 10.0. The third kappa shape index (κ3) is 4.18. The zero-order valence-electron chi connectivity index (χ0n) is 14.4. The van der Waals surface area contributed by atoms with Gasteiger partial charge in [-0.25, -0.2) is 0 Å². The van der Waals surface area contributed by atoms with Crippen molar-refractivity contribution >= 4 is 5.91 Å². The highest BCUT2D eigenvalue weighted by Crippen LogP contribution is 2.27. The number of hydrogen-bond donors (Lipinski definition) is 1. The number of aliphatic hydroxyl groups excluding tert-OH is 1. The Kier molecular flexibility index (Phi) is 5.92. The molecule has 24 heavy (non-hydrogen) atoms. The van der Waals surface area contributed by atoms with E-state index in [4.69, 9.17) is 9.15 Å². The Morgan fingerprint density at radius 1 is 1.38 bits per heavy atom. The fourth-order valence-electron chi connectivity index (χ4n) is 3.68. The van der Waals surface area contributed by atoms with E-state index in [2.05, 4.69) is 4.90 Å². The molecule has 3 atom stereocenters. The standard InChI is InChI=1S/C18H28N2O4/c1-19-9-11-24-17(13-19)18(22)20-8-4-2-3-6-14(20)12-15(21)16-7-5-10-23-16/h5,7,10,14-15,17,21H,2-4,6,8-9,11-13H2,1H3/t14-,15-,17-/m0/s1. The number of likely N-dealkylation sites (tertiary alicyclic amines) is 1. The summed E-state index contributed by atoms with van der Waals surface area (Å²) < 4.78 is 11.0. The van der Waals surface area contributed by atoms with Crippen LogP contribution in [0.2, 0.25) is 0 Å². The molecule has 0 radical (unpaired) electrons. The van der Waals surface area contributed by atoms with Crippen LogP contribution in [-0.2, 0) is 9.53 Å². The van der Waals surface area contributed by atoms with Gasteiger partial charge < -0.3 is 24.1 Å². The summed E-state index contributed by atoms with van der Waals surface area (Å²) in [5.41, 5.74) is 0. The molecule has 2 fully saturated rings. The average Bonchev–Trinajstić information content (AvgIpc) is 3.02. The number of carbonyl (C=O) groups is 1. The Bertz CT molecular complexity index is 519. The highest BCUT2D eigenvalue weighted by atomic mass is 16.5. The Hall–Kier alpha value is -1.37. The van der Waals surface area contributed by atoms with Gasteiger partial charge in [-0.05, 0) is 32.0 Å². The molecule has 1 N–H and O–H groups in total. The van der Waals surface area contributed by atoms with Crippen LogP contribution in [0.15, 0.2) is 22.8 Å². The summed E-state index contributed by atoms with van der Waals surface area (Å²) in [6.45, 7) is 2.85. The topological polar surface area (TPSA) is 66.2 Å². The van der Waals surface area contributed by atoms with Gasteiger partial charge in [0.2, 0.25) is 0 Å². The molecular weight excluding hydrogens is 308 g/mol. The van der Waals surface area contributed by atoms with E-state index in [1.807, 2.05) is 11.9 Å². The molecule has 6 nitrogen and oxygen atoms in total. The van der Waals surface area contributed by atoms with E-state index in [0.717, 1.165) is 38.8 Å². The van der Waals surface area contributed by atoms with Gasteiger partial charge in [-0.1, -0.05) is 12.8 Å². The van der Waals surface area contributed by atoms with Crippen molar-refractivity contribution in [3.05, 3.63) is 24.2 Å². The van der Waals surface area contributed by atoms with Crippen LogP contribution in [0.1, 0.15) is 44.0 Å².